The monoisotopic (exact) mass is 598 g/mol. The van der Waals surface area contributed by atoms with Crippen molar-refractivity contribution >= 4 is 58.5 Å². The number of carbonyl (C=O) groups excluding carboxylic acids is 2. The minimum atomic E-state index is -2.19. The number of carboxylic acids is 1. The predicted molar refractivity (Wildman–Crippen MR) is 168 cm³/mol. The standard InChI is InChI=1S/C30H30B3ClN2O7/c1-5-24(37)20-11-8-18(34)14-21(20)22-15-26(38)36(16-25(22)43-30(31,32)33)23(12-13-42-29(2,3)4)27(39)35-19-9-6-17(7-10-19)28(40)41/h6-11,14-16,23H,5,12-13H2,1-4H3,(H,35,39)(H,40,41). The van der Waals surface area contributed by atoms with Crippen LogP contribution in [0, 0.1) is 0 Å². The van der Waals surface area contributed by atoms with Gasteiger partial charge >= 0.3 is 5.97 Å². The third-order valence-corrected chi connectivity index (χ3v) is 6.42. The highest BCUT2D eigenvalue weighted by Crippen LogP contribution is 2.35. The lowest BCUT2D eigenvalue weighted by atomic mass is 9.52. The first-order valence-corrected chi connectivity index (χ1v) is 13.8. The molecule has 1 heterocycles. The van der Waals surface area contributed by atoms with Crippen molar-refractivity contribution < 1.29 is 29.0 Å². The van der Waals surface area contributed by atoms with Gasteiger partial charge < -0.3 is 19.9 Å². The maximum absolute atomic E-state index is 13.7. The Kier molecular flexibility index (Phi) is 10.7. The molecule has 0 saturated heterocycles. The van der Waals surface area contributed by atoms with Gasteiger partial charge in [0.25, 0.3) is 5.56 Å². The van der Waals surface area contributed by atoms with Crippen molar-refractivity contribution in [2.24, 2.45) is 0 Å². The number of hydrogen-bond acceptors (Lipinski definition) is 6. The zero-order valence-corrected chi connectivity index (χ0v) is 25.1. The number of carbonyl (C=O) groups is 3. The lowest BCUT2D eigenvalue weighted by molar-refractivity contribution is -0.120. The molecule has 0 saturated carbocycles. The van der Waals surface area contributed by atoms with Crippen molar-refractivity contribution in [1.82, 2.24) is 4.57 Å². The first-order valence-electron chi connectivity index (χ1n) is 13.4. The summed E-state index contributed by atoms with van der Waals surface area (Å²) in [4.78, 5) is 51.2. The molecular weight excluding hydrogens is 568 g/mol. The number of ketones is 1. The molecule has 1 atom stereocenters. The Morgan fingerprint density at radius 2 is 1.67 bits per heavy atom. The number of pyridine rings is 1. The molecule has 1 aromatic heterocycles. The molecule has 0 fully saturated rings. The first-order chi connectivity index (χ1) is 20.0. The van der Waals surface area contributed by atoms with Crippen molar-refractivity contribution in [1.29, 1.82) is 0 Å². The summed E-state index contributed by atoms with van der Waals surface area (Å²) < 4.78 is 12.6. The van der Waals surface area contributed by atoms with Crippen molar-refractivity contribution in [3.63, 3.8) is 0 Å². The molecule has 0 aliphatic carbocycles. The lowest BCUT2D eigenvalue weighted by Crippen LogP contribution is -2.39. The Bertz CT molecular complexity index is 1560. The van der Waals surface area contributed by atoms with Gasteiger partial charge in [-0.1, -0.05) is 18.5 Å². The molecular formula is C30H30B3ClN2O7. The van der Waals surface area contributed by atoms with E-state index < -0.39 is 34.4 Å². The number of rotatable bonds is 12. The van der Waals surface area contributed by atoms with E-state index in [1.807, 2.05) is 20.8 Å². The van der Waals surface area contributed by atoms with Crippen LogP contribution in [0.1, 0.15) is 67.3 Å². The Balaban J connectivity index is 2.16. The quantitative estimate of drug-likeness (QED) is 0.235. The number of halogens is 1. The van der Waals surface area contributed by atoms with Gasteiger partial charge in [-0.15, -0.1) is 0 Å². The van der Waals surface area contributed by atoms with Gasteiger partial charge in [0.05, 0.1) is 17.4 Å². The zero-order valence-electron chi connectivity index (χ0n) is 24.3. The molecule has 6 radical (unpaired) electrons. The number of hydrogen-bond donors (Lipinski definition) is 2. The number of ether oxygens (including phenoxy) is 2. The number of nitrogens with one attached hydrogen (secondary N) is 1. The number of aromatic carboxylic acids is 1. The third-order valence-electron chi connectivity index (χ3n) is 6.19. The van der Waals surface area contributed by atoms with E-state index in [2.05, 4.69) is 5.32 Å². The summed E-state index contributed by atoms with van der Waals surface area (Å²) in [5, 5.41) is 9.99. The van der Waals surface area contributed by atoms with Gasteiger partial charge in [0, 0.05) is 47.4 Å². The Hall–Kier alpha value is -3.76. The van der Waals surface area contributed by atoms with Gasteiger partial charge in [0.1, 0.15) is 35.3 Å². The molecule has 218 valence electrons. The second-order valence-electron chi connectivity index (χ2n) is 10.9. The van der Waals surface area contributed by atoms with Crippen LogP contribution in [0.5, 0.6) is 5.75 Å². The zero-order chi connectivity index (χ0) is 32.1. The van der Waals surface area contributed by atoms with E-state index in [0.717, 1.165) is 4.57 Å². The van der Waals surface area contributed by atoms with Gasteiger partial charge in [-0.05, 0) is 74.1 Å². The van der Waals surface area contributed by atoms with E-state index >= 15 is 0 Å². The van der Waals surface area contributed by atoms with Crippen LogP contribution in [0.3, 0.4) is 0 Å². The molecule has 43 heavy (non-hydrogen) atoms. The van der Waals surface area contributed by atoms with Crippen LogP contribution in [0.15, 0.2) is 59.5 Å². The number of Topliss-reactive ketones (excluding diaryl/α,β-unsaturated/α-hetero) is 1. The third kappa shape index (κ3) is 9.37. The van der Waals surface area contributed by atoms with Gasteiger partial charge in [0.15, 0.2) is 5.78 Å². The predicted octanol–water partition coefficient (Wildman–Crippen LogP) is 4.34. The lowest BCUT2D eigenvalue weighted by Gasteiger charge is -2.28. The highest BCUT2D eigenvalue weighted by atomic mass is 35.5. The van der Waals surface area contributed by atoms with Crippen LogP contribution in [-0.4, -0.2) is 68.4 Å². The molecule has 1 amide bonds. The van der Waals surface area contributed by atoms with E-state index in [4.69, 9.17) is 44.6 Å². The number of benzene rings is 2. The largest absolute Gasteiger partial charge is 0.514 e. The molecule has 1 unspecified atom stereocenters. The molecule has 2 aromatic carbocycles. The fraction of sp³-hybridized carbons (Fsp3) is 0.333. The smallest absolute Gasteiger partial charge is 0.335 e. The average molecular weight is 598 g/mol. The molecule has 0 aliphatic heterocycles. The normalized spacial score (nSPS) is 12.4. The minimum absolute atomic E-state index is 0.0394. The molecule has 0 bridgehead atoms. The van der Waals surface area contributed by atoms with Gasteiger partial charge in [-0.3, -0.25) is 19.0 Å². The van der Waals surface area contributed by atoms with E-state index in [9.17, 15) is 24.3 Å². The van der Waals surface area contributed by atoms with Gasteiger partial charge in [-0.25, -0.2) is 4.79 Å². The van der Waals surface area contributed by atoms with Crippen molar-refractivity contribution in [3.8, 4) is 16.9 Å². The number of nitrogens with zero attached hydrogens (tertiary/aromatic N) is 1. The number of carboxylic acid groups (broad SMARTS) is 1. The molecule has 3 aromatic rings. The summed E-state index contributed by atoms with van der Waals surface area (Å²) >= 11 is 6.25. The van der Waals surface area contributed by atoms with Crippen LogP contribution in [-0.2, 0) is 9.53 Å². The highest BCUT2D eigenvalue weighted by molar-refractivity contribution is 6.58. The summed E-state index contributed by atoms with van der Waals surface area (Å²) in [5.74, 6) is -2.01. The number of amides is 1. The fourth-order valence-corrected chi connectivity index (χ4v) is 4.39. The van der Waals surface area contributed by atoms with Crippen LogP contribution >= 0.6 is 11.6 Å². The Morgan fingerprint density at radius 1 is 1.02 bits per heavy atom. The topological polar surface area (TPSA) is 124 Å². The summed E-state index contributed by atoms with van der Waals surface area (Å²) in [6.45, 7) is 7.34. The van der Waals surface area contributed by atoms with Crippen molar-refractivity contribution in [2.75, 3.05) is 11.9 Å². The van der Waals surface area contributed by atoms with E-state index in [1.54, 1.807) is 13.0 Å². The van der Waals surface area contributed by atoms with Crippen LogP contribution in [0.25, 0.3) is 11.1 Å². The first kappa shape index (κ1) is 33.7. The van der Waals surface area contributed by atoms with E-state index in [1.165, 1.54) is 48.7 Å². The van der Waals surface area contributed by atoms with Gasteiger partial charge in [0.2, 0.25) is 5.91 Å². The van der Waals surface area contributed by atoms with Crippen LogP contribution in [0.2, 0.25) is 5.02 Å². The SMILES string of the molecule is [B]C([B])([B])Oc1cn(C(CCOC(C)(C)C)C(=O)Nc2ccc(C(=O)O)cc2)c(=O)cc1-c1cc(Cl)ccc1C(=O)CC. The fourth-order valence-electron chi connectivity index (χ4n) is 4.22. The van der Waals surface area contributed by atoms with E-state index in [0.29, 0.717) is 16.3 Å². The van der Waals surface area contributed by atoms with Gasteiger partial charge in [-0.2, -0.15) is 0 Å². The maximum atomic E-state index is 13.7. The molecule has 9 nitrogen and oxygen atoms in total. The van der Waals surface area contributed by atoms with Crippen molar-refractivity contribution in [3.05, 3.63) is 81.2 Å². The molecule has 2 N–H and O–H groups in total. The second-order valence-corrected chi connectivity index (χ2v) is 11.3. The number of anilines is 1. The molecule has 3 rings (SSSR count). The highest BCUT2D eigenvalue weighted by Gasteiger charge is 2.27. The molecule has 0 spiro atoms. The second kappa shape index (κ2) is 13.7. The summed E-state index contributed by atoms with van der Waals surface area (Å²) in [5.41, 5.74) is -0.0839. The Morgan fingerprint density at radius 3 is 2.23 bits per heavy atom. The summed E-state index contributed by atoms with van der Waals surface area (Å²) in [7, 11) is 17.3. The van der Waals surface area contributed by atoms with Crippen molar-refractivity contribution in [2.45, 2.75) is 57.5 Å². The average Bonchev–Trinajstić information content (AvgIpc) is 2.90. The minimum Gasteiger partial charge on any atom is -0.514 e. The Labute approximate surface area is 259 Å². The number of aromatic nitrogens is 1. The molecule has 0 aliphatic rings. The van der Waals surface area contributed by atoms with Crippen LogP contribution in [0.4, 0.5) is 5.69 Å². The molecule has 13 heteroatoms. The maximum Gasteiger partial charge on any atom is 0.335 e. The van der Waals surface area contributed by atoms with E-state index in [-0.39, 0.29) is 47.7 Å². The summed E-state index contributed by atoms with van der Waals surface area (Å²) in [6, 6.07) is 10.2. The summed E-state index contributed by atoms with van der Waals surface area (Å²) in [6.07, 6.45) is 1.49. The van der Waals surface area contributed by atoms with Crippen LogP contribution < -0.4 is 15.6 Å².